The molecule has 0 aromatic heterocycles. The summed E-state index contributed by atoms with van der Waals surface area (Å²) in [5, 5.41) is 3.62. The van der Waals surface area contributed by atoms with E-state index in [-0.39, 0.29) is 29.6 Å². The van der Waals surface area contributed by atoms with Crippen molar-refractivity contribution in [1.82, 2.24) is 9.80 Å². The standard InChI is InChI=1S/C37H49N5O6/c1-36(2)21-26-31(28(43)22-36)32(24-13-14-29(46-3)34(48-5)33(24)47-4)42(27-12-8-7-11-25(27)39-26)23-30(44)40-19-15-37(16-20-40,35(38)45)41-17-9-6-10-18-41/h7-8,11-14,32,39H,6,9-10,15-23H2,1-5H3,(H2,38,45). The van der Waals surface area contributed by atoms with Gasteiger partial charge in [-0.3, -0.25) is 19.3 Å². The zero-order chi connectivity index (χ0) is 34.2. The SMILES string of the molecule is COc1ccc(C2C3=C(CC(C)(C)CC3=O)Nc3ccccc3N2CC(=O)N2CCC(C(N)=O)(N3CCCCC3)CC2)c(OC)c1OC. The fourth-order valence-corrected chi connectivity index (χ4v) is 8.30. The highest BCUT2D eigenvalue weighted by molar-refractivity contribution is 6.02. The first-order valence-electron chi connectivity index (χ1n) is 17.0. The van der Waals surface area contributed by atoms with Gasteiger partial charge in [0.2, 0.25) is 17.6 Å². The lowest BCUT2D eigenvalue weighted by Gasteiger charge is -2.48. The van der Waals surface area contributed by atoms with Crippen molar-refractivity contribution < 1.29 is 28.6 Å². The molecule has 1 unspecified atom stereocenters. The number of nitrogens with one attached hydrogen (secondary N) is 1. The summed E-state index contributed by atoms with van der Waals surface area (Å²) in [6.45, 7) is 6.77. The minimum Gasteiger partial charge on any atom is -0.493 e. The number of allylic oxidation sites excluding steroid dienone is 1. The third-order valence-corrected chi connectivity index (χ3v) is 10.7. The summed E-state index contributed by atoms with van der Waals surface area (Å²) in [6.07, 6.45) is 5.30. The van der Waals surface area contributed by atoms with E-state index in [1.165, 1.54) is 0 Å². The average molecular weight is 660 g/mol. The minimum absolute atomic E-state index is 0.00158. The number of carbonyl (C=O) groups is 3. The number of hydrogen-bond donors (Lipinski definition) is 2. The van der Waals surface area contributed by atoms with Gasteiger partial charge in [-0.25, -0.2) is 0 Å². The quantitative estimate of drug-likeness (QED) is 0.416. The zero-order valence-corrected chi connectivity index (χ0v) is 28.9. The van der Waals surface area contributed by atoms with Crippen LogP contribution in [0.25, 0.3) is 0 Å². The molecule has 11 nitrogen and oxygen atoms in total. The molecule has 3 N–H and O–H groups in total. The number of carbonyl (C=O) groups excluding carboxylic acids is 3. The van der Waals surface area contributed by atoms with Crippen LogP contribution < -0.4 is 30.2 Å². The van der Waals surface area contributed by atoms with Gasteiger partial charge in [-0.1, -0.05) is 32.4 Å². The second-order valence-electron chi connectivity index (χ2n) is 14.3. The monoisotopic (exact) mass is 659 g/mol. The van der Waals surface area contributed by atoms with Crippen LogP contribution in [0.2, 0.25) is 0 Å². The summed E-state index contributed by atoms with van der Waals surface area (Å²) in [5.74, 6) is 0.983. The molecule has 2 amide bonds. The summed E-state index contributed by atoms with van der Waals surface area (Å²) < 4.78 is 17.4. The van der Waals surface area contributed by atoms with Gasteiger partial charge in [0.15, 0.2) is 17.3 Å². The number of anilines is 2. The normalized spacial score (nSPS) is 22.2. The van der Waals surface area contributed by atoms with Gasteiger partial charge in [0.05, 0.1) is 45.3 Å². The van der Waals surface area contributed by atoms with Crippen LogP contribution >= 0.6 is 0 Å². The van der Waals surface area contributed by atoms with E-state index in [1.54, 1.807) is 21.3 Å². The van der Waals surface area contributed by atoms with E-state index in [2.05, 4.69) is 24.1 Å². The number of para-hydroxylation sites is 2. The van der Waals surface area contributed by atoms with Crippen LogP contribution in [0.4, 0.5) is 11.4 Å². The van der Waals surface area contributed by atoms with Gasteiger partial charge in [-0.05, 0) is 74.9 Å². The Morgan fingerprint density at radius 2 is 1.58 bits per heavy atom. The number of piperidine rings is 2. The van der Waals surface area contributed by atoms with Crippen molar-refractivity contribution >= 4 is 29.0 Å². The number of nitrogens with two attached hydrogens (primary N) is 1. The Morgan fingerprint density at radius 1 is 0.896 bits per heavy atom. The number of likely N-dealkylation sites (tertiary alicyclic amines) is 2. The molecule has 2 saturated heterocycles. The number of ketones is 1. The third-order valence-electron chi connectivity index (χ3n) is 10.7. The highest BCUT2D eigenvalue weighted by atomic mass is 16.5. The Bertz CT molecular complexity index is 1610. The third kappa shape index (κ3) is 5.97. The number of primary amides is 1. The van der Waals surface area contributed by atoms with Crippen molar-refractivity contribution in [3.8, 4) is 17.2 Å². The molecule has 2 fully saturated rings. The number of methoxy groups -OCH3 is 3. The predicted molar refractivity (Wildman–Crippen MR) is 184 cm³/mol. The van der Waals surface area contributed by atoms with Gasteiger partial charge in [-0.15, -0.1) is 0 Å². The predicted octanol–water partition coefficient (Wildman–Crippen LogP) is 4.66. The fourth-order valence-electron chi connectivity index (χ4n) is 8.30. The number of fused-ring (bicyclic) bond motifs is 1. The Kier molecular flexibility index (Phi) is 9.35. The molecular weight excluding hydrogens is 610 g/mol. The molecule has 3 heterocycles. The van der Waals surface area contributed by atoms with Crippen LogP contribution in [0.1, 0.15) is 70.4 Å². The molecule has 258 valence electrons. The molecule has 4 aliphatic rings. The molecule has 0 spiro atoms. The van der Waals surface area contributed by atoms with Crippen molar-refractivity contribution in [3.63, 3.8) is 0 Å². The van der Waals surface area contributed by atoms with Crippen LogP contribution in [-0.4, -0.2) is 87.0 Å². The van der Waals surface area contributed by atoms with Crippen LogP contribution in [-0.2, 0) is 14.4 Å². The van der Waals surface area contributed by atoms with Crippen molar-refractivity contribution in [1.29, 1.82) is 0 Å². The first kappa shape index (κ1) is 33.6. The van der Waals surface area contributed by atoms with Crippen LogP contribution in [0.5, 0.6) is 17.2 Å². The average Bonchev–Trinajstić information content (AvgIpc) is 3.21. The summed E-state index contributed by atoms with van der Waals surface area (Å²) in [6, 6.07) is 10.9. The number of benzene rings is 2. The molecule has 2 aromatic rings. The number of hydrogen-bond acceptors (Lipinski definition) is 9. The van der Waals surface area contributed by atoms with Gasteiger partial charge in [0.1, 0.15) is 5.54 Å². The summed E-state index contributed by atoms with van der Waals surface area (Å²) in [7, 11) is 4.69. The molecule has 6 rings (SSSR count). The van der Waals surface area contributed by atoms with Crippen LogP contribution in [0, 0.1) is 5.41 Å². The maximum absolute atomic E-state index is 14.4. The van der Waals surface area contributed by atoms with E-state index in [0.29, 0.717) is 67.2 Å². The summed E-state index contributed by atoms with van der Waals surface area (Å²) >= 11 is 0. The molecule has 0 saturated carbocycles. The molecule has 11 heteroatoms. The number of amides is 2. The van der Waals surface area contributed by atoms with Crippen molar-refractivity contribution in [2.45, 2.75) is 70.4 Å². The van der Waals surface area contributed by atoms with Crippen molar-refractivity contribution in [2.24, 2.45) is 11.1 Å². The highest BCUT2D eigenvalue weighted by Crippen LogP contribution is 2.52. The van der Waals surface area contributed by atoms with Gasteiger partial charge in [-0.2, -0.15) is 0 Å². The van der Waals surface area contributed by atoms with Crippen LogP contribution in [0.15, 0.2) is 47.7 Å². The van der Waals surface area contributed by atoms with Crippen LogP contribution in [0.3, 0.4) is 0 Å². The van der Waals surface area contributed by atoms with E-state index in [0.717, 1.165) is 49.4 Å². The zero-order valence-electron chi connectivity index (χ0n) is 28.9. The molecule has 1 aliphatic carbocycles. The lowest BCUT2D eigenvalue weighted by atomic mass is 9.73. The largest absolute Gasteiger partial charge is 0.493 e. The van der Waals surface area contributed by atoms with Crippen molar-refractivity contribution in [2.75, 3.05) is 64.3 Å². The van der Waals surface area contributed by atoms with Gasteiger partial charge in [0.25, 0.3) is 0 Å². The number of rotatable bonds is 8. The first-order valence-corrected chi connectivity index (χ1v) is 17.0. The summed E-state index contributed by atoms with van der Waals surface area (Å²) in [4.78, 5) is 47.7. The van der Waals surface area contributed by atoms with Gasteiger partial charge < -0.3 is 35.1 Å². The maximum Gasteiger partial charge on any atom is 0.242 e. The molecule has 48 heavy (non-hydrogen) atoms. The van der Waals surface area contributed by atoms with E-state index in [9.17, 15) is 14.4 Å². The Balaban J connectivity index is 1.42. The number of ether oxygens (including phenoxy) is 3. The summed E-state index contributed by atoms with van der Waals surface area (Å²) in [5.41, 5.74) is 8.84. The first-order chi connectivity index (χ1) is 23.0. The Morgan fingerprint density at radius 3 is 2.23 bits per heavy atom. The molecule has 2 aromatic carbocycles. The van der Waals surface area contributed by atoms with E-state index in [1.807, 2.05) is 46.2 Å². The van der Waals surface area contributed by atoms with Gasteiger partial charge >= 0.3 is 0 Å². The van der Waals surface area contributed by atoms with E-state index < -0.39 is 11.6 Å². The molecule has 0 radical (unpaired) electrons. The number of nitrogens with zero attached hydrogens (tertiary/aromatic N) is 3. The van der Waals surface area contributed by atoms with Crippen molar-refractivity contribution in [3.05, 3.63) is 53.2 Å². The molecule has 1 atom stereocenters. The second-order valence-corrected chi connectivity index (χ2v) is 14.3. The lowest BCUT2D eigenvalue weighted by Crippen LogP contribution is -2.64. The van der Waals surface area contributed by atoms with Gasteiger partial charge in [0, 0.05) is 36.3 Å². The van der Waals surface area contributed by atoms with E-state index in [4.69, 9.17) is 19.9 Å². The maximum atomic E-state index is 14.4. The lowest BCUT2D eigenvalue weighted by molar-refractivity contribution is -0.141. The Hall–Kier alpha value is -4.25. The Labute approximate surface area is 283 Å². The second kappa shape index (κ2) is 13.3. The molecule has 3 aliphatic heterocycles. The number of Topliss-reactive ketones (excluding diaryl/α,β-unsaturated/α-hetero) is 1. The van der Waals surface area contributed by atoms with E-state index >= 15 is 0 Å². The molecule has 0 bridgehead atoms. The topological polar surface area (TPSA) is 127 Å². The molecular formula is C37H49N5O6. The highest BCUT2D eigenvalue weighted by Gasteiger charge is 2.47. The smallest absolute Gasteiger partial charge is 0.242 e. The fraction of sp³-hybridized carbons (Fsp3) is 0.541. The minimum atomic E-state index is -0.729.